The fourth-order valence-corrected chi connectivity index (χ4v) is 11.8. The molecule has 0 unspecified atom stereocenters. The molecule has 0 aromatic heterocycles. The molecule has 3 aromatic carbocycles. The summed E-state index contributed by atoms with van der Waals surface area (Å²) >= 11 is 0. The van der Waals surface area contributed by atoms with Gasteiger partial charge in [-0.15, -0.1) is 0 Å². The molecule has 0 saturated heterocycles. The van der Waals surface area contributed by atoms with Gasteiger partial charge in [-0.05, 0) is 157 Å². The molecule has 0 radical (unpaired) electrons. The fourth-order valence-electron chi connectivity index (χ4n) is 9.34. The van der Waals surface area contributed by atoms with Crippen LogP contribution in [0.4, 0.5) is 0 Å². The average Bonchev–Trinajstić information content (AvgIpc) is 3.16. The zero-order valence-corrected chi connectivity index (χ0v) is 46.5. The van der Waals surface area contributed by atoms with E-state index in [0.717, 1.165) is 50.1 Å². The molecular weight excluding hydrogens is 828 g/mol. The van der Waals surface area contributed by atoms with Crippen LogP contribution in [0.15, 0.2) is 36.4 Å². The molecular formula is C57H93O7P. The second kappa shape index (κ2) is 18.9. The molecule has 0 bridgehead atoms. The molecule has 3 N–H and O–H groups in total. The monoisotopic (exact) mass is 921 g/mol. The van der Waals surface area contributed by atoms with Gasteiger partial charge in [0.05, 0.1) is 0 Å². The van der Waals surface area contributed by atoms with Gasteiger partial charge >= 0.3 is 7.82 Å². The quantitative estimate of drug-likeness (QED) is 0.130. The van der Waals surface area contributed by atoms with E-state index in [1.807, 2.05) is 77.9 Å². The highest BCUT2D eigenvalue weighted by Crippen LogP contribution is 2.66. The Morgan fingerprint density at radius 2 is 0.477 bits per heavy atom. The minimum absolute atomic E-state index is 0.255. The van der Waals surface area contributed by atoms with Crippen LogP contribution in [0.3, 0.4) is 0 Å². The number of phosphoric ester groups is 1. The molecule has 0 atom stereocenters. The van der Waals surface area contributed by atoms with Crippen molar-refractivity contribution < 1.29 is 33.5 Å². The molecule has 3 rings (SSSR count). The van der Waals surface area contributed by atoms with E-state index in [-0.39, 0.29) is 17.2 Å². The smallest absolute Gasteiger partial charge is 0.477 e. The Labute approximate surface area is 397 Å². The van der Waals surface area contributed by atoms with E-state index in [9.17, 15) is 15.3 Å². The van der Waals surface area contributed by atoms with Crippen molar-refractivity contribution in [2.45, 2.75) is 254 Å². The predicted octanol–water partition coefficient (Wildman–Crippen LogP) is 17.2. The van der Waals surface area contributed by atoms with E-state index in [2.05, 4.69) is 125 Å². The largest absolute Gasteiger partial charge is 0.507 e. The molecule has 0 saturated carbocycles. The van der Waals surface area contributed by atoms with Crippen LogP contribution in [0.1, 0.15) is 255 Å². The molecule has 7 nitrogen and oxygen atoms in total. The molecule has 0 aliphatic carbocycles. The van der Waals surface area contributed by atoms with Gasteiger partial charge in [0.15, 0.2) is 0 Å². The lowest BCUT2D eigenvalue weighted by Crippen LogP contribution is -2.37. The molecule has 0 spiro atoms. The summed E-state index contributed by atoms with van der Waals surface area (Å²) in [6, 6.07) is 12.2. The number of aromatic hydroxyl groups is 3. The first-order valence-electron chi connectivity index (χ1n) is 24.6. The SMILES string of the molecule is CCC(CC)(OP(=O)(OC(CC)(CC)c1cc(C(C)(C)C)c(O)c(C(C)(C)C)c1)OC(CC)(CC)c1cc(C(C)(C)C)c(O)c(C(C)(C)C)c1)c1cc(C(C)(C)C)c(O)c(C(C)(C)C)c1. The topological polar surface area (TPSA) is 105 Å². The molecule has 0 aliphatic heterocycles. The Morgan fingerprint density at radius 3 is 0.585 bits per heavy atom. The third kappa shape index (κ3) is 11.7. The Bertz CT molecular complexity index is 1820. The number of hydrogen-bond donors (Lipinski definition) is 3. The number of rotatable bonds is 15. The fraction of sp³-hybridized carbons (Fsp3) is 0.684. The first-order chi connectivity index (χ1) is 29.2. The maximum absolute atomic E-state index is 17.0. The standard InChI is InChI=1S/C57H93O7P/c1-25-55(26-2,37-31-40(49(7,8)9)46(58)41(32-37)50(10,11)12)62-65(61,63-56(27-3,28-4)38-33-42(51(13,14)15)47(59)43(34-38)52(16,17)18)64-57(29-5,30-6)39-35-44(53(19,20)21)48(60)45(36-39)54(22,23)24/h31-36,58-60H,25-30H2,1-24H3. The Morgan fingerprint density at radius 1 is 0.338 bits per heavy atom. The maximum Gasteiger partial charge on any atom is 0.477 e. The highest BCUT2D eigenvalue weighted by Gasteiger charge is 2.52. The Kier molecular flexibility index (Phi) is 16.4. The van der Waals surface area contributed by atoms with Crippen molar-refractivity contribution in [3.05, 3.63) is 86.5 Å². The second-order valence-corrected chi connectivity index (χ2v) is 26.5. The molecule has 8 heteroatoms. The number of hydrogen-bond acceptors (Lipinski definition) is 7. The van der Waals surface area contributed by atoms with E-state index >= 15 is 4.57 Å². The van der Waals surface area contributed by atoms with Crippen LogP contribution in [0.2, 0.25) is 0 Å². The third-order valence-electron chi connectivity index (χ3n) is 14.0. The van der Waals surface area contributed by atoms with Crippen molar-refractivity contribution in [1.82, 2.24) is 0 Å². The van der Waals surface area contributed by atoms with E-state index in [1.54, 1.807) is 0 Å². The summed E-state index contributed by atoms with van der Waals surface area (Å²) in [7, 11) is -4.74. The molecule has 368 valence electrons. The summed E-state index contributed by atoms with van der Waals surface area (Å²) in [5, 5.41) is 35.7. The molecule has 65 heavy (non-hydrogen) atoms. The van der Waals surface area contributed by atoms with Gasteiger partial charge in [-0.1, -0.05) is 166 Å². The van der Waals surface area contributed by atoms with E-state index in [1.165, 1.54) is 0 Å². The van der Waals surface area contributed by atoms with Crippen LogP contribution in [-0.4, -0.2) is 15.3 Å². The second-order valence-electron chi connectivity index (χ2n) is 25.1. The van der Waals surface area contributed by atoms with Gasteiger partial charge in [-0.3, -0.25) is 13.6 Å². The van der Waals surface area contributed by atoms with Crippen molar-refractivity contribution in [3.8, 4) is 17.2 Å². The Balaban J connectivity index is 2.66. The summed E-state index contributed by atoms with van der Waals surface area (Å²) < 4.78 is 39.3. The van der Waals surface area contributed by atoms with Crippen LogP contribution < -0.4 is 0 Å². The van der Waals surface area contributed by atoms with Gasteiger partial charge in [0, 0.05) is 0 Å². The Hall–Kier alpha value is -2.83. The summed E-state index contributed by atoms with van der Waals surface area (Å²) in [6.07, 6.45) is 2.57. The lowest BCUT2D eigenvalue weighted by Gasteiger charge is -2.44. The lowest BCUT2D eigenvalue weighted by molar-refractivity contribution is -0.0817. The van der Waals surface area contributed by atoms with Crippen LogP contribution in [0.5, 0.6) is 17.2 Å². The van der Waals surface area contributed by atoms with Crippen LogP contribution in [0, 0.1) is 0 Å². The average molecular weight is 921 g/mol. The number of phosphoric acid groups is 1. The molecule has 0 fully saturated rings. The van der Waals surface area contributed by atoms with Crippen LogP contribution in [0.25, 0.3) is 0 Å². The third-order valence-corrected chi connectivity index (χ3v) is 15.8. The van der Waals surface area contributed by atoms with E-state index in [4.69, 9.17) is 13.6 Å². The summed E-state index contributed by atoms with van der Waals surface area (Å²) in [4.78, 5) is 0. The van der Waals surface area contributed by atoms with Gasteiger partial charge in [0.1, 0.15) is 34.1 Å². The van der Waals surface area contributed by atoms with E-state index in [0.29, 0.717) is 38.5 Å². The minimum atomic E-state index is -4.74. The lowest BCUT2D eigenvalue weighted by atomic mass is 9.75. The van der Waals surface area contributed by atoms with Crippen molar-refractivity contribution in [2.24, 2.45) is 0 Å². The molecule has 0 heterocycles. The van der Waals surface area contributed by atoms with Gasteiger partial charge in [-0.25, -0.2) is 4.57 Å². The van der Waals surface area contributed by atoms with Crippen LogP contribution >= 0.6 is 7.82 Å². The highest BCUT2D eigenvalue weighted by molar-refractivity contribution is 7.48. The molecule has 0 amide bonds. The zero-order valence-electron chi connectivity index (χ0n) is 45.6. The summed E-state index contributed by atoms with van der Waals surface area (Å²) in [5.41, 5.74) is 0.953. The van der Waals surface area contributed by atoms with Gasteiger partial charge in [-0.2, -0.15) is 0 Å². The molecule has 3 aromatic rings. The minimum Gasteiger partial charge on any atom is -0.507 e. The highest BCUT2D eigenvalue weighted by atomic mass is 31.2. The van der Waals surface area contributed by atoms with Crippen molar-refractivity contribution in [2.75, 3.05) is 0 Å². The first kappa shape index (κ1) is 56.5. The van der Waals surface area contributed by atoms with Crippen molar-refractivity contribution in [3.63, 3.8) is 0 Å². The maximum atomic E-state index is 17.0. The predicted molar refractivity (Wildman–Crippen MR) is 274 cm³/mol. The number of phenolic OH excluding ortho intramolecular Hbond substituents is 3. The van der Waals surface area contributed by atoms with Gasteiger partial charge in [0.2, 0.25) is 0 Å². The first-order valence-corrected chi connectivity index (χ1v) is 26.1. The van der Waals surface area contributed by atoms with Crippen molar-refractivity contribution >= 4 is 7.82 Å². The van der Waals surface area contributed by atoms with Gasteiger partial charge < -0.3 is 15.3 Å². The van der Waals surface area contributed by atoms with Gasteiger partial charge in [0.25, 0.3) is 0 Å². The normalized spacial score (nSPS) is 14.3. The number of benzene rings is 3. The molecule has 0 aliphatic rings. The number of phenols is 3. The van der Waals surface area contributed by atoms with Crippen molar-refractivity contribution in [1.29, 1.82) is 0 Å². The van der Waals surface area contributed by atoms with Crippen LogP contribution in [-0.2, 0) is 67.4 Å². The van der Waals surface area contributed by atoms with E-state index < -0.39 is 57.1 Å². The zero-order chi connectivity index (χ0) is 50.5. The summed E-state index contributed by atoms with van der Waals surface area (Å²) in [5.74, 6) is 0.766. The summed E-state index contributed by atoms with van der Waals surface area (Å²) in [6.45, 7) is 49.9.